The predicted octanol–water partition coefficient (Wildman–Crippen LogP) is 2.77. The second-order valence-electron chi connectivity index (χ2n) is 6.21. The largest absolute Gasteiger partial charge is 0.378 e. The maximum absolute atomic E-state index is 13.0. The molecule has 2 aromatic rings. The lowest BCUT2D eigenvalue weighted by Gasteiger charge is -2.35. The molecule has 5 heteroatoms. The maximum atomic E-state index is 13.0. The number of rotatable bonds is 5. The lowest BCUT2D eigenvalue weighted by atomic mass is 10.1. The van der Waals surface area contributed by atoms with Gasteiger partial charge in [0.15, 0.2) is 0 Å². The molecule has 1 atom stereocenters. The molecule has 0 bridgehead atoms. The van der Waals surface area contributed by atoms with E-state index in [4.69, 9.17) is 4.74 Å². The minimum atomic E-state index is -3.37. The van der Waals surface area contributed by atoms with E-state index in [2.05, 4.69) is 0 Å². The molecule has 2 aromatic carbocycles. The quantitative estimate of drug-likeness (QED) is 0.837. The summed E-state index contributed by atoms with van der Waals surface area (Å²) in [5.74, 6) is 0.0466. The van der Waals surface area contributed by atoms with Gasteiger partial charge in [-0.15, -0.1) is 0 Å². The SMILES string of the molecule is Cc1ccccc1CS(=O)(=O)N1CCOCC1Cc1ccccc1. The first-order valence-corrected chi connectivity index (χ1v) is 9.83. The Kier molecular flexibility index (Phi) is 5.33. The summed E-state index contributed by atoms with van der Waals surface area (Å²) in [6, 6.07) is 17.5. The molecule has 1 aliphatic rings. The first kappa shape index (κ1) is 17.1. The number of hydrogen-bond acceptors (Lipinski definition) is 3. The van der Waals surface area contributed by atoms with Crippen molar-refractivity contribution in [2.24, 2.45) is 0 Å². The Balaban J connectivity index is 1.80. The average Bonchev–Trinajstić information content (AvgIpc) is 2.58. The van der Waals surface area contributed by atoms with Crippen molar-refractivity contribution in [1.82, 2.24) is 4.31 Å². The highest BCUT2D eigenvalue weighted by Crippen LogP contribution is 2.21. The number of benzene rings is 2. The molecule has 1 fully saturated rings. The summed E-state index contributed by atoms with van der Waals surface area (Å²) in [4.78, 5) is 0. The van der Waals surface area contributed by atoms with Gasteiger partial charge < -0.3 is 4.74 Å². The third-order valence-corrected chi connectivity index (χ3v) is 6.32. The van der Waals surface area contributed by atoms with Crippen molar-refractivity contribution in [1.29, 1.82) is 0 Å². The van der Waals surface area contributed by atoms with E-state index in [1.165, 1.54) is 0 Å². The van der Waals surface area contributed by atoms with Gasteiger partial charge in [-0.25, -0.2) is 8.42 Å². The van der Waals surface area contributed by atoms with Crippen molar-refractivity contribution in [3.8, 4) is 0 Å². The summed E-state index contributed by atoms with van der Waals surface area (Å²) >= 11 is 0. The smallest absolute Gasteiger partial charge is 0.218 e. The molecule has 0 amide bonds. The summed E-state index contributed by atoms with van der Waals surface area (Å²) < 4.78 is 33.1. The van der Waals surface area contributed by atoms with Crippen molar-refractivity contribution < 1.29 is 13.2 Å². The Bertz CT molecular complexity index is 774. The topological polar surface area (TPSA) is 46.6 Å². The van der Waals surface area contributed by atoms with Gasteiger partial charge in [-0.2, -0.15) is 4.31 Å². The summed E-state index contributed by atoms with van der Waals surface area (Å²) in [6.07, 6.45) is 0.674. The normalized spacial score (nSPS) is 19.3. The van der Waals surface area contributed by atoms with E-state index >= 15 is 0 Å². The molecule has 0 N–H and O–H groups in total. The molecule has 0 aromatic heterocycles. The van der Waals surface area contributed by atoms with Crippen molar-refractivity contribution in [3.63, 3.8) is 0 Å². The third kappa shape index (κ3) is 4.04. The maximum Gasteiger partial charge on any atom is 0.218 e. The first-order valence-electron chi connectivity index (χ1n) is 8.22. The molecule has 0 radical (unpaired) electrons. The van der Waals surface area contributed by atoms with Crippen LogP contribution in [0.2, 0.25) is 0 Å². The molecule has 3 rings (SSSR count). The number of ether oxygens (including phenoxy) is 1. The zero-order valence-electron chi connectivity index (χ0n) is 13.9. The van der Waals surface area contributed by atoms with Gasteiger partial charge in [-0.1, -0.05) is 54.6 Å². The lowest BCUT2D eigenvalue weighted by Crippen LogP contribution is -2.50. The summed E-state index contributed by atoms with van der Waals surface area (Å²) in [5.41, 5.74) is 3.00. The van der Waals surface area contributed by atoms with Crippen LogP contribution in [0.3, 0.4) is 0 Å². The minimum absolute atomic E-state index is 0.0466. The number of sulfonamides is 1. The number of nitrogens with zero attached hydrogens (tertiary/aromatic N) is 1. The number of hydrogen-bond donors (Lipinski definition) is 0. The van der Waals surface area contributed by atoms with Crippen LogP contribution >= 0.6 is 0 Å². The highest BCUT2D eigenvalue weighted by atomic mass is 32.2. The van der Waals surface area contributed by atoms with E-state index in [1.807, 2.05) is 61.5 Å². The van der Waals surface area contributed by atoms with Gasteiger partial charge in [-0.05, 0) is 30.0 Å². The molecule has 1 unspecified atom stereocenters. The van der Waals surface area contributed by atoms with Crippen LogP contribution in [0.15, 0.2) is 54.6 Å². The van der Waals surface area contributed by atoms with Crippen molar-refractivity contribution in [2.45, 2.75) is 25.1 Å². The zero-order chi connectivity index (χ0) is 17.0. The van der Waals surface area contributed by atoms with Crippen LogP contribution < -0.4 is 0 Å². The fourth-order valence-corrected chi connectivity index (χ4v) is 4.93. The van der Waals surface area contributed by atoms with Crippen LogP contribution in [0, 0.1) is 6.92 Å². The molecular weight excluding hydrogens is 322 g/mol. The minimum Gasteiger partial charge on any atom is -0.378 e. The van der Waals surface area contributed by atoms with E-state index in [-0.39, 0.29) is 11.8 Å². The Morgan fingerprint density at radius 3 is 2.54 bits per heavy atom. The highest BCUT2D eigenvalue weighted by molar-refractivity contribution is 7.88. The van der Waals surface area contributed by atoms with E-state index in [0.29, 0.717) is 26.2 Å². The van der Waals surface area contributed by atoms with Gasteiger partial charge in [0.05, 0.1) is 25.0 Å². The fraction of sp³-hybridized carbons (Fsp3) is 0.368. The fourth-order valence-electron chi connectivity index (χ4n) is 3.10. The van der Waals surface area contributed by atoms with E-state index < -0.39 is 10.0 Å². The first-order chi connectivity index (χ1) is 11.6. The molecule has 1 saturated heterocycles. The molecule has 1 aliphatic heterocycles. The Hall–Kier alpha value is -1.69. The van der Waals surface area contributed by atoms with Crippen LogP contribution in [-0.4, -0.2) is 38.5 Å². The monoisotopic (exact) mass is 345 g/mol. The van der Waals surface area contributed by atoms with Crippen LogP contribution in [0.5, 0.6) is 0 Å². The molecule has 0 saturated carbocycles. The summed E-state index contributed by atoms with van der Waals surface area (Å²) in [6.45, 7) is 3.28. The Morgan fingerprint density at radius 2 is 1.79 bits per heavy atom. The van der Waals surface area contributed by atoms with Gasteiger partial charge in [0, 0.05) is 6.54 Å². The van der Waals surface area contributed by atoms with Crippen LogP contribution in [0.25, 0.3) is 0 Å². The zero-order valence-corrected chi connectivity index (χ0v) is 14.7. The molecule has 128 valence electrons. The molecular formula is C19H23NO3S. The van der Waals surface area contributed by atoms with E-state index in [0.717, 1.165) is 16.7 Å². The van der Waals surface area contributed by atoms with Crippen LogP contribution in [-0.2, 0) is 26.9 Å². The summed E-state index contributed by atoms with van der Waals surface area (Å²) in [5, 5.41) is 0. The van der Waals surface area contributed by atoms with Gasteiger partial charge >= 0.3 is 0 Å². The second kappa shape index (κ2) is 7.47. The Morgan fingerprint density at radius 1 is 1.08 bits per heavy atom. The van der Waals surface area contributed by atoms with Gasteiger partial charge in [0.2, 0.25) is 10.0 Å². The third-order valence-electron chi connectivity index (χ3n) is 4.44. The average molecular weight is 345 g/mol. The lowest BCUT2D eigenvalue weighted by molar-refractivity contribution is 0.0327. The molecule has 24 heavy (non-hydrogen) atoms. The Labute approximate surface area is 144 Å². The van der Waals surface area contributed by atoms with Gasteiger partial charge in [-0.3, -0.25) is 0 Å². The van der Waals surface area contributed by atoms with E-state index in [9.17, 15) is 8.42 Å². The standard InChI is InChI=1S/C19H23NO3S/c1-16-7-5-6-10-18(16)15-24(21,22)20-11-12-23-14-19(20)13-17-8-3-2-4-9-17/h2-10,19H,11-15H2,1H3. The van der Waals surface area contributed by atoms with Crippen molar-refractivity contribution in [3.05, 3.63) is 71.3 Å². The van der Waals surface area contributed by atoms with Crippen LogP contribution in [0.4, 0.5) is 0 Å². The summed E-state index contributed by atoms with van der Waals surface area (Å²) in [7, 11) is -3.37. The highest BCUT2D eigenvalue weighted by Gasteiger charge is 2.33. The van der Waals surface area contributed by atoms with E-state index in [1.54, 1.807) is 4.31 Å². The van der Waals surface area contributed by atoms with Crippen LogP contribution in [0.1, 0.15) is 16.7 Å². The predicted molar refractivity (Wildman–Crippen MR) is 95.3 cm³/mol. The number of morpholine rings is 1. The second-order valence-corrected chi connectivity index (χ2v) is 8.13. The van der Waals surface area contributed by atoms with Crippen molar-refractivity contribution in [2.75, 3.05) is 19.8 Å². The molecule has 0 spiro atoms. The molecule has 1 heterocycles. The van der Waals surface area contributed by atoms with Gasteiger partial charge in [0.1, 0.15) is 0 Å². The van der Waals surface area contributed by atoms with Gasteiger partial charge in [0.25, 0.3) is 0 Å². The molecule has 0 aliphatic carbocycles. The number of aryl methyl sites for hydroxylation is 1. The molecule has 4 nitrogen and oxygen atoms in total. The van der Waals surface area contributed by atoms with Crippen molar-refractivity contribution >= 4 is 10.0 Å².